The molecule has 0 aliphatic carbocycles. The van der Waals surface area contributed by atoms with E-state index in [0.717, 1.165) is 6.42 Å². The summed E-state index contributed by atoms with van der Waals surface area (Å²) in [6.45, 7) is 1.42. The second-order valence-electron chi connectivity index (χ2n) is 5.21. The van der Waals surface area contributed by atoms with Gasteiger partial charge in [0.05, 0.1) is 1.37 Å². The van der Waals surface area contributed by atoms with Crippen LogP contribution in [0.1, 0.15) is 98.2 Å². The summed E-state index contributed by atoms with van der Waals surface area (Å²) in [4.78, 5) is 0. The normalized spacial score (nSPS) is 13.6. The van der Waals surface area contributed by atoms with E-state index in [1.54, 1.807) is 0 Å². The largest absolute Gasteiger partial charge is 0.396 e. The molecule has 0 fully saturated rings. The standard InChI is InChI=1S/C16H34O/c1-2-3-4-5-6-7-8-9-10-11-12-13-14-15-16-17/h17H,2-16H2,1H3/i16D/t16-/m1/s1. The van der Waals surface area contributed by atoms with Gasteiger partial charge in [-0.25, -0.2) is 0 Å². The average Bonchev–Trinajstić information content (AvgIpc) is 2.34. The molecule has 0 aromatic carbocycles. The molecule has 1 atom stereocenters. The van der Waals surface area contributed by atoms with Gasteiger partial charge in [-0.05, 0) is 6.42 Å². The van der Waals surface area contributed by atoms with Gasteiger partial charge >= 0.3 is 0 Å². The molecule has 1 N–H and O–H groups in total. The first-order valence-corrected chi connectivity index (χ1v) is 7.87. The van der Waals surface area contributed by atoms with Gasteiger partial charge in [-0.15, -0.1) is 0 Å². The van der Waals surface area contributed by atoms with E-state index < -0.39 is 6.58 Å². The summed E-state index contributed by atoms with van der Waals surface area (Å²) < 4.78 is 6.99. The van der Waals surface area contributed by atoms with Crippen LogP contribution in [0.15, 0.2) is 0 Å². The molecule has 0 unspecified atom stereocenters. The molecule has 0 aromatic heterocycles. The zero-order valence-electron chi connectivity index (χ0n) is 12.9. The van der Waals surface area contributed by atoms with Crippen LogP contribution in [0.5, 0.6) is 0 Å². The molecular formula is C16H34O. The SMILES string of the molecule is [2H][C@@H](O)CCCCCCCCCCCCCCC. The van der Waals surface area contributed by atoms with Crippen LogP contribution in [0.25, 0.3) is 0 Å². The molecule has 0 aliphatic rings. The van der Waals surface area contributed by atoms with Crippen molar-refractivity contribution in [3.05, 3.63) is 0 Å². The average molecular weight is 243 g/mol. The van der Waals surface area contributed by atoms with Gasteiger partial charge in [0.15, 0.2) is 0 Å². The van der Waals surface area contributed by atoms with Gasteiger partial charge in [0.25, 0.3) is 0 Å². The second-order valence-corrected chi connectivity index (χ2v) is 5.21. The Bertz CT molecular complexity index is 148. The lowest BCUT2D eigenvalue weighted by Gasteiger charge is -2.02. The van der Waals surface area contributed by atoms with E-state index in [0.29, 0.717) is 6.42 Å². The van der Waals surface area contributed by atoms with Crippen molar-refractivity contribution in [3.63, 3.8) is 0 Å². The molecule has 104 valence electrons. The number of aliphatic hydroxyl groups is 1. The Hall–Kier alpha value is -0.0400. The van der Waals surface area contributed by atoms with Crippen molar-refractivity contribution in [2.24, 2.45) is 0 Å². The van der Waals surface area contributed by atoms with Crippen molar-refractivity contribution in [2.45, 2.75) is 96.8 Å². The number of rotatable bonds is 14. The highest BCUT2D eigenvalue weighted by Gasteiger charge is 1.93. The highest BCUT2D eigenvalue weighted by atomic mass is 16.2. The predicted molar refractivity (Wildman–Crippen MR) is 77.4 cm³/mol. The van der Waals surface area contributed by atoms with Crippen LogP contribution in [0.3, 0.4) is 0 Å². The highest BCUT2D eigenvalue weighted by molar-refractivity contribution is 4.48. The van der Waals surface area contributed by atoms with E-state index in [1.165, 1.54) is 77.0 Å². The van der Waals surface area contributed by atoms with Crippen molar-refractivity contribution >= 4 is 0 Å². The molecule has 0 spiro atoms. The topological polar surface area (TPSA) is 20.2 Å². The minimum absolute atomic E-state index is 0.651. The molecule has 0 radical (unpaired) electrons. The van der Waals surface area contributed by atoms with Crippen LogP contribution < -0.4 is 0 Å². The van der Waals surface area contributed by atoms with Gasteiger partial charge in [0, 0.05) is 6.58 Å². The summed E-state index contributed by atoms with van der Waals surface area (Å²) in [6, 6.07) is 0. The van der Waals surface area contributed by atoms with Gasteiger partial charge < -0.3 is 5.11 Å². The smallest absolute Gasteiger partial charge is 0.0564 e. The molecule has 0 saturated heterocycles. The summed E-state index contributed by atoms with van der Waals surface area (Å²) in [6.07, 6.45) is 18.1. The van der Waals surface area contributed by atoms with Gasteiger partial charge in [0.2, 0.25) is 0 Å². The Morgan fingerprint density at radius 3 is 1.18 bits per heavy atom. The molecule has 0 amide bonds. The van der Waals surface area contributed by atoms with Crippen molar-refractivity contribution in [2.75, 3.05) is 6.58 Å². The van der Waals surface area contributed by atoms with Gasteiger partial charge in [-0.1, -0.05) is 90.4 Å². The molecule has 17 heavy (non-hydrogen) atoms. The Labute approximate surface area is 110 Å². The third-order valence-electron chi connectivity index (χ3n) is 3.44. The molecule has 0 rings (SSSR count). The van der Waals surface area contributed by atoms with E-state index in [-0.39, 0.29) is 0 Å². The summed E-state index contributed by atoms with van der Waals surface area (Å²) in [5, 5.41) is 8.80. The molecule has 0 bridgehead atoms. The number of hydrogen-bond acceptors (Lipinski definition) is 1. The number of unbranched alkanes of at least 4 members (excludes halogenated alkanes) is 12. The fourth-order valence-corrected chi connectivity index (χ4v) is 2.25. The minimum Gasteiger partial charge on any atom is -0.396 e. The zero-order valence-corrected chi connectivity index (χ0v) is 11.9. The van der Waals surface area contributed by atoms with Crippen molar-refractivity contribution in [3.8, 4) is 0 Å². The highest BCUT2D eigenvalue weighted by Crippen LogP contribution is 2.12. The van der Waals surface area contributed by atoms with Crippen molar-refractivity contribution in [1.29, 1.82) is 0 Å². The molecule has 0 saturated carbocycles. The Balaban J connectivity index is 2.90. The van der Waals surface area contributed by atoms with E-state index in [1.807, 2.05) is 0 Å². The monoisotopic (exact) mass is 243 g/mol. The fourth-order valence-electron chi connectivity index (χ4n) is 2.25. The van der Waals surface area contributed by atoms with Crippen molar-refractivity contribution in [1.82, 2.24) is 0 Å². The summed E-state index contributed by atoms with van der Waals surface area (Å²) in [5.41, 5.74) is 0. The van der Waals surface area contributed by atoms with E-state index in [9.17, 15) is 0 Å². The lowest BCUT2D eigenvalue weighted by Crippen LogP contribution is -1.84. The zero-order chi connectivity index (χ0) is 13.5. The van der Waals surface area contributed by atoms with Gasteiger partial charge in [-0.3, -0.25) is 0 Å². The van der Waals surface area contributed by atoms with E-state index in [4.69, 9.17) is 6.48 Å². The minimum atomic E-state index is -0.849. The van der Waals surface area contributed by atoms with Crippen LogP contribution in [0.4, 0.5) is 0 Å². The predicted octanol–water partition coefficient (Wildman–Crippen LogP) is 5.46. The van der Waals surface area contributed by atoms with Gasteiger partial charge in [0.1, 0.15) is 0 Å². The first-order chi connectivity index (χ1) is 8.77. The maximum absolute atomic E-state index is 8.80. The quantitative estimate of drug-likeness (QED) is 0.402. The van der Waals surface area contributed by atoms with Crippen LogP contribution >= 0.6 is 0 Å². The lowest BCUT2D eigenvalue weighted by atomic mass is 10.0. The molecule has 0 heterocycles. The van der Waals surface area contributed by atoms with Crippen LogP contribution in [-0.2, 0) is 0 Å². The van der Waals surface area contributed by atoms with Crippen LogP contribution in [0.2, 0.25) is 0 Å². The Morgan fingerprint density at radius 2 is 0.882 bits per heavy atom. The van der Waals surface area contributed by atoms with Gasteiger partial charge in [-0.2, -0.15) is 0 Å². The third kappa shape index (κ3) is 16.0. The van der Waals surface area contributed by atoms with E-state index >= 15 is 0 Å². The summed E-state index contributed by atoms with van der Waals surface area (Å²) >= 11 is 0. The summed E-state index contributed by atoms with van der Waals surface area (Å²) in [7, 11) is 0. The second kappa shape index (κ2) is 16.0. The third-order valence-corrected chi connectivity index (χ3v) is 3.44. The van der Waals surface area contributed by atoms with Crippen LogP contribution in [0, 0.1) is 0 Å². The molecule has 1 heteroatoms. The summed E-state index contributed by atoms with van der Waals surface area (Å²) in [5.74, 6) is 0. The first kappa shape index (κ1) is 15.0. The van der Waals surface area contributed by atoms with Crippen molar-refractivity contribution < 1.29 is 6.48 Å². The molecule has 0 aromatic rings. The van der Waals surface area contributed by atoms with Crippen LogP contribution in [-0.4, -0.2) is 11.7 Å². The molecule has 1 nitrogen and oxygen atoms in total. The lowest BCUT2D eigenvalue weighted by molar-refractivity contribution is 0.282. The van der Waals surface area contributed by atoms with E-state index in [2.05, 4.69) is 6.92 Å². The number of aliphatic hydroxyl groups excluding tert-OH is 1. The fraction of sp³-hybridized carbons (Fsp3) is 1.00. The Morgan fingerprint density at radius 1 is 0.588 bits per heavy atom. The maximum atomic E-state index is 8.80. The maximum Gasteiger partial charge on any atom is 0.0564 e. The molecule has 0 aliphatic heterocycles. The Kier molecular flexibility index (Phi) is 14.1. The molecular weight excluding hydrogens is 208 g/mol. The number of hydrogen-bond donors (Lipinski definition) is 1. The first-order valence-electron chi connectivity index (χ1n) is 8.45.